The zero-order valence-corrected chi connectivity index (χ0v) is 18.8. The monoisotopic (exact) mass is 422 g/mol. The molecule has 0 saturated heterocycles. The maximum absolute atomic E-state index is 12.1. The second-order valence-electron chi connectivity index (χ2n) is 8.68. The third-order valence-corrected chi connectivity index (χ3v) is 4.34. The molecule has 8 heteroatoms. The van der Waals surface area contributed by atoms with Crippen molar-refractivity contribution >= 4 is 22.9 Å². The van der Waals surface area contributed by atoms with Gasteiger partial charge in [0, 0.05) is 29.9 Å². The summed E-state index contributed by atoms with van der Waals surface area (Å²) in [5.41, 5.74) is 3.02. The Bertz CT molecular complexity index is 1030. The van der Waals surface area contributed by atoms with Crippen LogP contribution in [0.1, 0.15) is 27.2 Å². The van der Waals surface area contributed by atoms with Gasteiger partial charge in [-0.15, -0.1) is 0 Å². The highest BCUT2D eigenvalue weighted by molar-refractivity contribution is 5.90. The number of hydrogen-bond acceptors (Lipinski definition) is 6. The number of urea groups is 1. The molecule has 0 saturated carbocycles. The highest BCUT2D eigenvalue weighted by Gasteiger charge is 2.14. The number of anilines is 1. The highest BCUT2D eigenvalue weighted by Crippen LogP contribution is 2.24. The van der Waals surface area contributed by atoms with Crippen LogP contribution in [0.2, 0.25) is 0 Å². The van der Waals surface area contributed by atoms with Crippen molar-refractivity contribution in [3.8, 4) is 17.0 Å². The van der Waals surface area contributed by atoms with E-state index in [0.29, 0.717) is 23.8 Å². The number of rotatable bonds is 7. The predicted octanol–water partition coefficient (Wildman–Crippen LogP) is 3.94. The van der Waals surface area contributed by atoms with Gasteiger partial charge in [0.05, 0.1) is 23.8 Å². The second kappa shape index (κ2) is 9.70. The van der Waals surface area contributed by atoms with Gasteiger partial charge >= 0.3 is 6.03 Å². The van der Waals surface area contributed by atoms with E-state index in [2.05, 4.69) is 30.5 Å². The van der Waals surface area contributed by atoms with Gasteiger partial charge in [-0.25, -0.2) is 14.8 Å². The summed E-state index contributed by atoms with van der Waals surface area (Å²) < 4.78 is 5.70. The van der Waals surface area contributed by atoms with Crippen LogP contribution in [-0.2, 0) is 0 Å². The van der Waals surface area contributed by atoms with Crippen molar-refractivity contribution in [2.75, 3.05) is 32.6 Å². The van der Waals surface area contributed by atoms with Crippen molar-refractivity contribution in [2.24, 2.45) is 0 Å². The molecule has 2 amide bonds. The Balaban J connectivity index is 1.70. The van der Waals surface area contributed by atoms with Gasteiger partial charge in [-0.2, -0.15) is 0 Å². The van der Waals surface area contributed by atoms with Crippen LogP contribution in [0.4, 0.5) is 10.6 Å². The zero-order valence-electron chi connectivity index (χ0n) is 18.8. The van der Waals surface area contributed by atoms with Crippen molar-refractivity contribution in [3.05, 3.63) is 42.7 Å². The molecule has 0 atom stereocenters. The highest BCUT2D eigenvalue weighted by atomic mass is 16.5. The minimum absolute atomic E-state index is 0.317. The molecule has 3 aromatic rings. The molecule has 0 aliphatic heterocycles. The number of nitrogens with one attached hydrogen (secondary N) is 2. The van der Waals surface area contributed by atoms with Gasteiger partial charge < -0.3 is 15.0 Å². The Kier molecular flexibility index (Phi) is 7.02. The molecule has 0 spiro atoms. The van der Waals surface area contributed by atoms with E-state index in [0.717, 1.165) is 29.6 Å². The van der Waals surface area contributed by atoms with E-state index in [1.165, 1.54) is 0 Å². The van der Waals surface area contributed by atoms with Gasteiger partial charge in [-0.3, -0.25) is 10.3 Å². The number of ether oxygens (including phenoxy) is 1. The van der Waals surface area contributed by atoms with Crippen LogP contribution in [0.15, 0.2) is 42.7 Å². The molecule has 2 heterocycles. The zero-order chi connectivity index (χ0) is 22.4. The van der Waals surface area contributed by atoms with Gasteiger partial charge in [0.25, 0.3) is 0 Å². The average molecular weight is 423 g/mol. The van der Waals surface area contributed by atoms with E-state index in [4.69, 9.17) is 4.74 Å². The van der Waals surface area contributed by atoms with E-state index in [9.17, 15) is 4.79 Å². The SMILES string of the molecule is CN(C)CCCOc1ccc(-c2ccc3ncc(NC(=O)NC(C)(C)C)nc3c2)cn1. The molecule has 8 nitrogen and oxygen atoms in total. The summed E-state index contributed by atoms with van der Waals surface area (Å²) in [5, 5.41) is 5.57. The molecule has 2 aromatic heterocycles. The molecular weight excluding hydrogens is 392 g/mol. The van der Waals surface area contributed by atoms with Gasteiger partial charge in [0.1, 0.15) is 0 Å². The predicted molar refractivity (Wildman–Crippen MR) is 123 cm³/mol. The summed E-state index contributed by atoms with van der Waals surface area (Å²) in [4.78, 5) is 27.5. The number of carbonyl (C=O) groups is 1. The van der Waals surface area contributed by atoms with Crippen molar-refractivity contribution in [1.29, 1.82) is 0 Å². The number of nitrogens with zero attached hydrogens (tertiary/aromatic N) is 4. The summed E-state index contributed by atoms with van der Waals surface area (Å²) in [7, 11) is 4.08. The third kappa shape index (κ3) is 6.89. The maximum atomic E-state index is 12.1. The van der Waals surface area contributed by atoms with Crippen molar-refractivity contribution in [2.45, 2.75) is 32.7 Å². The topological polar surface area (TPSA) is 92.3 Å². The molecule has 0 radical (unpaired) electrons. The van der Waals surface area contributed by atoms with Gasteiger partial charge in [-0.1, -0.05) is 6.07 Å². The lowest BCUT2D eigenvalue weighted by Gasteiger charge is -2.20. The first-order valence-electron chi connectivity index (χ1n) is 10.3. The molecule has 0 unspecified atom stereocenters. The maximum Gasteiger partial charge on any atom is 0.320 e. The molecule has 0 fully saturated rings. The van der Waals surface area contributed by atoms with Gasteiger partial charge in [0.15, 0.2) is 5.82 Å². The molecule has 2 N–H and O–H groups in total. The van der Waals surface area contributed by atoms with Crippen molar-refractivity contribution in [3.63, 3.8) is 0 Å². The van der Waals surface area contributed by atoms with Crippen LogP contribution >= 0.6 is 0 Å². The van der Waals surface area contributed by atoms with Crippen LogP contribution in [0.5, 0.6) is 5.88 Å². The van der Waals surface area contributed by atoms with Gasteiger partial charge in [-0.05, 0) is 65.0 Å². The van der Waals surface area contributed by atoms with Crippen LogP contribution < -0.4 is 15.4 Å². The molecule has 0 bridgehead atoms. The summed E-state index contributed by atoms with van der Waals surface area (Å²) in [6.07, 6.45) is 4.28. The smallest absolute Gasteiger partial charge is 0.320 e. The number of fused-ring (bicyclic) bond motifs is 1. The summed E-state index contributed by atoms with van der Waals surface area (Å²) in [6.45, 7) is 7.36. The lowest BCUT2D eigenvalue weighted by atomic mass is 10.1. The number of aromatic nitrogens is 3. The van der Waals surface area contributed by atoms with Gasteiger partial charge in [0.2, 0.25) is 5.88 Å². The van der Waals surface area contributed by atoms with E-state index in [-0.39, 0.29) is 11.6 Å². The summed E-state index contributed by atoms with van der Waals surface area (Å²) in [6, 6.07) is 9.34. The first kappa shape index (κ1) is 22.4. The summed E-state index contributed by atoms with van der Waals surface area (Å²) >= 11 is 0. The van der Waals surface area contributed by atoms with Crippen LogP contribution in [0, 0.1) is 0 Å². The van der Waals surface area contributed by atoms with Crippen LogP contribution in [-0.4, -0.2) is 58.7 Å². The number of benzene rings is 1. The van der Waals surface area contributed by atoms with Crippen molar-refractivity contribution < 1.29 is 9.53 Å². The number of carbonyl (C=O) groups excluding carboxylic acids is 1. The van der Waals surface area contributed by atoms with E-state index < -0.39 is 0 Å². The second-order valence-corrected chi connectivity index (χ2v) is 8.68. The fourth-order valence-corrected chi connectivity index (χ4v) is 2.93. The molecule has 164 valence electrons. The first-order valence-corrected chi connectivity index (χ1v) is 10.3. The Morgan fingerprint density at radius 1 is 1.03 bits per heavy atom. The largest absolute Gasteiger partial charge is 0.478 e. The average Bonchev–Trinajstić information content (AvgIpc) is 2.69. The Morgan fingerprint density at radius 3 is 2.48 bits per heavy atom. The lowest BCUT2D eigenvalue weighted by Crippen LogP contribution is -2.43. The molecule has 0 aliphatic rings. The van der Waals surface area contributed by atoms with Crippen LogP contribution in [0.25, 0.3) is 22.2 Å². The Labute approximate surface area is 183 Å². The summed E-state index contributed by atoms with van der Waals surface area (Å²) in [5.74, 6) is 1.01. The van der Waals surface area contributed by atoms with Crippen LogP contribution in [0.3, 0.4) is 0 Å². The number of amides is 2. The fraction of sp³-hybridized carbons (Fsp3) is 0.391. The van der Waals surface area contributed by atoms with Crippen molar-refractivity contribution in [1.82, 2.24) is 25.2 Å². The molecular formula is C23H30N6O2. The molecule has 1 aromatic carbocycles. The normalized spacial score (nSPS) is 11.5. The minimum atomic E-state index is -0.337. The number of pyridine rings is 1. The third-order valence-electron chi connectivity index (χ3n) is 4.34. The lowest BCUT2D eigenvalue weighted by molar-refractivity contribution is 0.243. The van der Waals surface area contributed by atoms with E-state index >= 15 is 0 Å². The molecule has 3 rings (SSSR count). The Morgan fingerprint density at radius 2 is 1.81 bits per heavy atom. The Hall–Kier alpha value is -3.26. The quantitative estimate of drug-likeness (QED) is 0.560. The first-order chi connectivity index (χ1) is 14.7. The fourth-order valence-electron chi connectivity index (χ4n) is 2.93. The van der Waals surface area contributed by atoms with E-state index in [1.54, 1.807) is 12.4 Å². The van der Waals surface area contributed by atoms with E-state index in [1.807, 2.05) is 65.2 Å². The molecule has 31 heavy (non-hydrogen) atoms. The minimum Gasteiger partial charge on any atom is -0.478 e. The number of hydrogen-bond donors (Lipinski definition) is 2. The standard InChI is InChI=1S/C23H30N6O2/c1-23(2,3)28-22(30)27-20-15-24-18-9-7-16(13-19(18)26-20)17-8-10-21(25-14-17)31-12-6-11-29(4)5/h7-10,13-15H,6,11-12H2,1-5H3,(H2,26,27,28,30). The molecule has 0 aliphatic carbocycles.